The fourth-order valence-electron chi connectivity index (χ4n) is 4.91. The minimum absolute atomic E-state index is 0.207. The van der Waals surface area contributed by atoms with E-state index in [2.05, 4.69) is 5.32 Å². The zero-order chi connectivity index (χ0) is 27.2. The number of aliphatic hydroxyl groups excluding tert-OH is 1. The first-order chi connectivity index (χ1) is 18.4. The van der Waals surface area contributed by atoms with Crippen LogP contribution >= 0.6 is 0 Å². The van der Waals surface area contributed by atoms with Crippen molar-refractivity contribution >= 4 is 11.8 Å². The second-order valence-corrected chi connectivity index (χ2v) is 9.21. The van der Waals surface area contributed by atoms with Crippen molar-refractivity contribution in [2.75, 3.05) is 21.3 Å². The molecule has 9 heteroatoms. The maximum Gasteiger partial charge on any atom is 0.244 e. The number of rotatable bonds is 10. The molecule has 0 fully saturated rings. The van der Waals surface area contributed by atoms with Gasteiger partial charge in [-0.2, -0.15) is 0 Å². The molecule has 1 aliphatic rings. The van der Waals surface area contributed by atoms with Crippen molar-refractivity contribution in [1.29, 1.82) is 0 Å². The molecule has 0 radical (unpaired) electrons. The Morgan fingerprint density at radius 2 is 1.61 bits per heavy atom. The number of ether oxygens (including phenoxy) is 3. The van der Waals surface area contributed by atoms with Crippen molar-refractivity contribution in [3.63, 3.8) is 0 Å². The van der Waals surface area contributed by atoms with E-state index in [1.54, 1.807) is 26.8 Å². The van der Waals surface area contributed by atoms with Gasteiger partial charge in [-0.15, -0.1) is 0 Å². The number of carbonyl (C=O) groups excluding carboxylic acids is 2. The summed E-state index contributed by atoms with van der Waals surface area (Å²) in [5.74, 6) is -0.216. The van der Waals surface area contributed by atoms with Gasteiger partial charge in [0.05, 0.1) is 39.4 Å². The zero-order valence-corrected chi connectivity index (χ0v) is 21.6. The summed E-state index contributed by atoms with van der Waals surface area (Å²) in [7, 11) is 4.66. The number of amides is 2. The van der Waals surface area contributed by atoms with Crippen molar-refractivity contribution in [2.45, 2.75) is 31.4 Å². The van der Waals surface area contributed by atoms with Crippen LogP contribution < -0.4 is 25.0 Å². The Morgan fingerprint density at radius 1 is 0.947 bits per heavy atom. The van der Waals surface area contributed by atoms with E-state index in [1.165, 1.54) is 0 Å². The molecule has 0 aliphatic heterocycles. The Bertz CT molecular complexity index is 1270. The van der Waals surface area contributed by atoms with E-state index in [4.69, 9.17) is 19.4 Å². The molecule has 0 bridgehead atoms. The lowest BCUT2D eigenvalue weighted by Gasteiger charge is -2.22. The van der Waals surface area contributed by atoms with Crippen LogP contribution in [0, 0.1) is 5.92 Å². The quantitative estimate of drug-likeness (QED) is 0.239. The number of benzene rings is 3. The number of hydrogen-bond acceptors (Lipinski definition) is 7. The lowest BCUT2D eigenvalue weighted by atomic mass is 9.93. The monoisotopic (exact) mass is 520 g/mol. The van der Waals surface area contributed by atoms with E-state index in [-0.39, 0.29) is 18.7 Å². The molecular weight excluding hydrogens is 488 g/mol. The molecule has 0 heterocycles. The highest BCUT2D eigenvalue weighted by Crippen LogP contribution is 2.41. The molecule has 9 nitrogen and oxygen atoms in total. The van der Waals surface area contributed by atoms with Gasteiger partial charge in [-0.1, -0.05) is 48.5 Å². The van der Waals surface area contributed by atoms with Gasteiger partial charge in [0.1, 0.15) is 0 Å². The molecule has 2 amide bonds. The molecule has 3 atom stereocenters. The lowest BCUT2D eigenvalue weighted by molar-refractivity contribution is -0.135. The summed E-state index contributed by atoms with van der Waals surface area (Å²) in [6, 6.07) is 18.3. The number of carbonyl (C=O) groups is 2. The topological polar surface area (TPSA) is 126 Å². The Balaban J connectivity index is 1.53. The number of methoxy groups -OCH3 is 3. The van der Waals surface area contributed by atoms with Gasteiger partial charge in [0.2, 0.25) is 17.6 Å². The molecule has 3 aromatic rings. The second kappa shape index (κ2) is 12.0. The summed E-state index contributed by atoms with van der Waals surface area (Å²) in [6.07, 6.45) is -0.243. The third kappa shape index (κ3) is 5.74. The Morgan fingerprint density at radius 3 is 2.21 bits per heavy atom. The molecule has 0 aromatic heterocycles. The predicted octanol–water partition coefficient (Wildman–Crippen LogP) is 3.21. The molecule has 4 N–H and O–H groups in total. The number of aliphatic hydroxyl groups is 1. The fourth-order valence-corrected chi connectivity index (χ4v) is 4.91. The van der Waals surface area contributed by atoms with Gasteiger partial charge < -0.3 is 24.6 Å². The van der Waals surface area contributed by atoms with Crippen LogP contribution in [-0.2, 0) is 22.4 Å². The number of fused-ring (bicyclic) bond motifs is 1. The maximum atomic E-state index is 13.3. The minimum atomic E-state index is -0.755. The van der Waals surface area contributed by atoms with Gasteiger partial charge in [0.15, 0.2) is 11.5 Å². The zero-order valence-electron chi connectivity index (χ0n) is 21.6. The van der Waals surface area contributed by atoms with Crippen LogP contribution in [0.5, 0.6) is 17.2 Å². The van der Waals surface area contributed by atoms with Crippen LogP contribution in [-0.4, -0.2) is 49.6 Å². The molecular formula is C29H32N2O7. The van der Waals surface area contributed by atoms with Crippen LogP contribution in [0.4, 0.5) is 0 Å². The Labute approximate surface area is 221 Å². The smallest absolute Gasteiger partial charge is 0.244 e. The molecule has 0 saturated carbocycles. The molecule has 4 rings (SSSR count). The van der Waals surface area contributed by atoms with Gasteiger partial charge in [-0.3, -0.25) is 14.8 Å². The van der Waals surface area contributed by atoms with E-state index in [0.717, 1.165) is 27.8 Å². The highest BCUT2D eigenvalue weighted by molar-refractivity contribution is 5.86. The fraction of sp³-hybridized carbons (Fsp3) is 0.310. The summed E-state index contributed by atoms with van der Waals surface area (Å²) < 4.78 is 16.3. The van der Waals surface area contributed by atoms with Crippen LogP contribution in [0.3, 0.4) is 0 Å². The molecule has 1 aliphatic carbocycles. The first kappa shape index (κ1) is 27.0. The van der Waals surface area contributed by atoms with E-state index >= 15 is 0 Å². The number of hydrogen-bond donors (Lipinski definition) is 4. The van der Waals surface area contributed by atoms with Gasteiger partial charge in [0.25, 0.3) is 0 Å². The van der Waals surface area contributed by atoms with E-state index in [0.29, 0.717) is 23.7 Å². The molecule has 0 saturated heterocycles. The van der Waals surface area contributed by atoms with E-state index in [9.17, 15) is 14.7 Å². The Hall–Kier alpha value is -4.08. The van der Waals surface area contributed by atoms with Crippen LogP contribution in [0.15, 0.2) is 60.7 Å². The molecule has 200 valence electrons. The first-order valence-corrected chi connectivity index (χ1v) is 12.3. The molecule has 3 aromatic carbocycles. The van der Waals surface area contributed by atoms with Gasteiger partial charge >= 0.3 is 0 Å². The van der Waals surface area contributed by atoms with Crippen molar-refractivity contribution in [3.05, 3.63) is 77.4 Å². The summed E-state index contributed by atoms with van der Waals surface area (Å²) in [4.78, 5) is 25.3. The van der Waals surface area contributed by atoms with Crippen LogP contribution in [0.25, 0.3) is 11.1 Å². The standard InChI is InChI=1S/C29H32N2O7/c1-36-24-14-20(15-25(37-2)28(24)38-3)18-10-8-17(9-11-18)12-21(16-26(33)31-35)29(34)30-27-22-7-5-4-6-19(22)13-23(27)32/h4-11,14-15,21,23,27,32,35H,12-13,16H2,1-3H3,(H,30,34)(H,31,33). The van der Waals surface area contributed by atoms with Gasteiger partial charge in [0, 0.05) is 12.8 Å². The van der Waals surface area contributed by atoms with E-state index in [1.807, 2.05) is 60.7 Å². The normalized spacial score (nSPS) is 16.8. The SMILES string of the molecule is COc1cc(-c2ccc(CC(CC(=O)NO)C(=O)NC3c4ccccc4CC3O)cc2)cc(OC)c1OC. The van der Waals surface area contributed by atoms with Crippen LogP contribution in [0.1, 0.15) is 29.2 Å². The summed E-state index contributed by atoms with van der Waals surface area (Å²) in [6.45, 7) is 0. The molecule has 3 unspecified atom stereocenters. The van der Waals surface area contributed by atoms with Gasteiger partial charge in [-0.05, 0) is 46.4 Å². The lowest BCUT2D eigenvalue weighted by Crippen LogP contribution is -2.40. The summed E-state index contributed by atoms with van der Waals surface area (Å²) >= 11 is 0. The summed E-state index contributed by atoms with van der Waals surface area (Å²) in [5, 5.41) is 22.5. The average molecular weight is 521 g/mol. The van der Waals surface area contributed by atoms with Gasteiger partial charge in [-0.25, -0.2) is 5.48 Å². The molecule has 38 heavy (non-hydrogen) atoms. The van der Waals surface area contributed by atoms with Crippen LogP contribution in [0.2, 0.25) is 0 Å². The summed E-state index contributed by atoms with van der Waals surface area (Å²) in [5.41, 5.74) is 6.05. The second-order valence-electron chi connectivity index (χ2n) is 9.21. The third-order valence-corrected chi connectivity index (χ3v) is 6.86. The minimum Gasteiger partial charge on any atom is -0.493 e. The molecule has 0 spiro atoms. The van der Waals surface area contributed by atoms with Crippen molar-refractivity contribution in [1.82, 2.24) is 10.8 Å². The van der Waals surface area contributed by atoms with Crippen molar-refractivity contribution in [3.8, 4) is 28.4 Å². The number of nitrogens with one attached hydrogen (secondary N) is 2. The largest absolute Gasteiger partial charge is 0.493 e. The maximum absolute atomic E-state index is 13.3. The average Bonchev–Trinajstić information content (AvgIpc) is 3.26. The third-order valence-electron chi connectivity index (χ3n) is 6.86. The predicted molar refractivity (Wildman–Crippen MR) is 140 cm³/mol. The first-order valence-electron chi connectivity index (χ1n) is 12.3. The van der Waals surface area contributed by atoms with Crippen molar-refractivity contribution in [2.24, 2.45) is 5.92 Å². The highest BCUT2D eigenvalue weighted by atomic mass is 16.5. The highest BCUT2D eigenvalue weighted by Gasteiger charge is 2.34. The number of hydroxylamine groups is 1. The van der Waals surface area contributed by atoms with Crippen molar-refractivity contribution < 1.29 is 34.1 Å². The Kier molecular flexibility index (Phi) is 8.50. The van der Waals surface area contributed by atoms with E-state index < -0.39 is 24.0 Å².